The summed E-state index contributed by atoms with van der Waals surface area (Å²) in [7, 11) is 4.97. The zero-order valence-corrected chi connectivity index (χ0v) is 14.4. The van der Waals surface area contributed by atoms with Gasteiger partial charge in [0.05, 0.1) is 21.3 Å². The van der Waals surface area contributed by atoms with Gasteiger partial charge in [0.1, 0.15) is 6.73 Å². The molecule has 2 aromatic rings. The minimum absolute atomic E-state index is 0.570. The van der Waals surface area contributed by atoms with E-state index in [1.54, 1.807) is 21.3 Å². The van der Waals surface area contributed by atoms with Crippen molar-refractivity contribution in [2.45, 2.75) is 13.0 Å². The van der Waals surface area contributed by atoms with Gasteiger partial charge in [0.15, 0.2) is 23.0 Å². The predicted molar refractivity (Wildman–Crippen MR) is 92.1 cm³/mol. The molecule has 0 aromatic heterocycles. The van der Waals surface area contributed by atoms with E-state index in [9.17, 15) is 0 Å². The third-order valence-corrected chi connectivity index (χ3v) is 4.23. The summed E-state index contributed by atoms with van der Waals surface area (Å²) in [6, 6.07) is 12.1. The number of fused-ring (bicyclic) bond motifs is 1. The molecule has 1 aliphatic heterocycles. The molecular formula is C19H23NO4. The van der Waals surface area contributed by atoms with Crippen LogP contribution in [0.25, 0.3) is 0 Å². The molecule has 0 fully saturated rings. The van der Waals surface area contributed by atoms with Crippen LogP contribution in [0.15, 0.2) is 36.4 Å². The Hall–Kier alpha value is -2.40. The summed E-state index contributed by atoms with van der Waals surface area (Å²) >= 11 is 0. The van der Waals surface area contributed by atoms with Crippen molar-refractivity contribution in [3.63, 3.8) is 0 Å². The topological polar surface area (TPSA) is 40.2 Å². The van der Waals surface area contributed by atoms with Crippen molar-refractivity contribution in [3.05, 3.63) is 47.5 Å². The Bertz CT molecular complexity index is 702. The largest absolute Gasteiger partial charge is 0.493 e. The molecule has 0 spiro atoms. The van der Waals surface area contributed by atoms with E-state index in [1.165, 1.54) is 5.56 Å². The van der Waals surface area contributed by atoms with Crippen LogP contribution in [0.4, 0.5) is 0 Å². The lowest BCUT2D eigenvalue weighted by Crippen LogP contribution is -2.33. The molecule has 1 aliphatic rings. The fraction of sp³-hybridized carbons (Fsp3) is 0.368. The summed E-state index contributed by atoms with van der Waals surface area (Å²) < 4.78 is 21.9. The number of para-hydroxylation sites is 1. The van der Waals surface area contributed by atoms with Gasteiger partial charge in [-0.15, -0.1) is 0 Å². The van der Waals surface area contributed by atoms with Crippen LogP contribution in [-0.2, 0) is 13.0 Å². The van der Waals surface area contributed by atoms with Crippen molar-refractivity contribution in [3.8, 4) is 23.0 Å². The van der Waals surface area contributed by atoms with Crippen LogP contribution in [-0.4, -0.2) is 39.5 Å². The van der Waals surface area contributed by atoms with Crippen molar-refractivity contribution in [2.75, 3.05) is 34.6 Å². The Balaban J connectivity index is 1.64. The Morgan fingerprint density at radius 3 is 2.50 bits per heavy atom. The first-order valence-corrected chi connectivity index (χ1v) is 7.97. The van der Waals surface area contributed by atoms with Gasteiger partial charge in [-0.3, -0.25) is 4.90 Å². The van der Waals surface area contributed by atoms with Crippen LogP contribution in [0.1, 0.15) is 11.1 Å². The third-order valence-electron chi connectivity index (χ3n) is 4.23. The highest BCUT2D eigenvalue weighted by molar-refractivity contribution is 5.47. The SMILES string of the molecule is COc1ccc(CCN2COc3c(cccc3OC)C2)cc1OC. The predicted octanol–water partition coefficient (Wildman–Crippen LogP) is 3.11. The average molecular weight is 329 g/mol. The monoisotopic (exact) mass is 329 g/mol. The second-order valence-electron chi connectivity index (χ2n) is 5.71. The van der Waals surface area contributed by atoms with Crippen LogP contribution in [0.5, 0.6) is 23.0 Å². The highest BCUT2D eigenvalue weighted by atomic mass is 16.5. The quantitative estimate of drug-likeness (QED) is 0.814. The molecule has 3 rings (SSSR count). The fourth-order valence-electron chi connectivity index (χ4n) is 2.92. The van der Waals surface area contributed by atoms with Gasteiger partial charge in [0.2, 0.25) is 0 Å². The van der Waals surface area contributed by atoms with Gasteiger partial charge in [-0.1, -0.05) is 18.2 Å². The minimum atomic E-state index is 0.570. The van der Waals surface area contributed by atoms with E-state index in [2.05, 4.69) is 17.0 Å². The number of benzene rings is 2. The number of rotatable bonds is 6. The number of methoxy groups -OCH3 is 3. The summed E-state index contributed by atoms with van der Waals surface area (Å²) in [4.78, 5) is 2.28. The molecule has 2 aromatic carbocycles. The van der Waals surface area contributed by atoms with E-state index in [0.717, 1.165) is 48.1 Å². The molecular weight excluding hydrogens is 306 g/mol. The van der Waals surface area contributed by atoms with Gasteiger partial charge in [0, 0.05) is 18.7 Å². The molecule has 0 amide bonds. The molecule has 5 nitrogen and oxygen atoms in total. The van der Waals surface area contributed by atoms with E-state index in [0.29, 0.717) is 6.73 Å². The maximum atomic E-state index is 5.88. The molecule has 0 saturated carbocycles. The second kappa shape index (κ2) is 7.45. The number of ether oxygens (including phenoxy) is 4. The van der Waals surface area contributed by atoms with Crippen molar-refractivity contribution in [2.24, 2.45) is 0 Å². The third kappa shape index (κ3) is 3.41. The van der Waals surface area contributed by atoms with Crippen LogP contribution < -0.4 is 18.9 Å². The van der Waals surface area contributed by atoms with Gasteiger partial charge < -0.3 is 18.9 Å². The van der Waals surface area contributed by atoms with Crippen LogP contribution >= 0.6 is 0 Å². The van der Waals surface area contributed by atoms with Crippen molar-refractivity contribution < 1.29 is 18.9 Å². The molecule has 1 heterocycles. The second-order valence-corrected chi connectivity index (χ2v) is 5.71. The summed E-state index contributed by atoms with van der Waals surface area (Å²) in [5.41, 5.74) is 2.37. The molecule has 0 atom stereocenters. The summed E-state index contributed by atoms with van der Waals surface area (Å²) in [5, 5.41) is 0. The van der Waals surface area contributed by atoms with E-state index in [4.69, 9.17) is 18.9 Å². The fourth-order valence-corrected chi connectivity index (χ4v) is 2.92. The Kier molecular flexibility index (Phi) is 5.11. The first kappa shape index (κ1) is 16.5. The number of hydrogen-bond acceptors (Lipinski definition) is 5. The van der Waals surface area contributed by atoms with Gasteiger partial charge in [-0.2, -0.15) is 0 Å². The number of nitrogens with zero attached hydrogens (tertiary/aromatic N) is 1. The Morgan fingerprint density at radius 2 is 1.75 bits per heavy atom. The first-order valence-electron chi connectivity index (χ1n) is 7.97. The minimum Gasteiger partial charge on any atom is -0.493 e. The first-order chi connectivity index (χ1) is 11.7. The Labute approximate surface area is 142 Å². The lowest BCUT2D eigenvalue weighted by Gasteiger charge is -2.29. The maximum Gasteiger partial charge on any atom is 0.167 e. The van der Waals surface area contributed by atoms with Crippen molar-refractivity contribution in [1.82, 2.24) is 4.90 Å². The van der Waals surface area contributed by atoms with Gasteiger partial charge >= 0.3 is 0 Å². The smallest absolute Gasteiger partial charge is 0.167 e. The molecule has 0 radical (unpaired) electrons. The highest BCUT2D eigenvalue weighted by Gasteiger charge is 2.20. The molecule has 0 saturated heterocycles. The molecule has 0 unspecified atom stereocenters. The van der Waals surface area contributed by atoms with E-state index in [-0.39, 0.29) is 0 Å². The maximum absolute atomic E-state index is 5.88. The molecule has 0 bridgehead atoms. The van der Waals surface area contributed by atoms with E-state index >= 15 is 0 Å². The normalized spacial score (nSPS) is 13.8. The zero-order valence-electron chi connectivity index (χ0n) is 14.4. The lowest BCUT2D eigenvalue weighted by atomic mass is 10.1. The molecule has 24 heavy (non-hydrogen) atoms. The van der Waals surface area contributed by atoms with Gasteiger partial charge in [-0.25, -0.2) is 0 Å². The van der Waals surface area contributed by atoms with Crippen LogP contribution in [0.3, 0.4) is 0 Å². The Morgan fingerprint density at radius 1 is 0.958 bits per heavy atom. The summed E-state index contributed by atoms with van der Waals surface area (Å²) in [6.45, 7) is 2.34. The summed E-state index contributed by atoms with van der Waals surface area (Å²) in [5.74, 6) is 3.18. The molecule has 0 N–H and O–H groups in total. The highest BCUT2D eigenvalue weighted by Crippen LogP contribution is 2.34. The summed E-state index contributed by atoms with van der Waals surface area (Å²) in [6.07, 6.45) is 0.920. The van der Waals surface area contributed by atoms with Gasteiger partial charge in [0.25, 0.3) is 0 Å². The molecule has 5 heteroatoms. The lowest BCUT2D eigenvalue weighted by molar-refractivity contribution is 0.0930. The number of hydrogen-bond donors (Lipinski definition) is 0. The van der Waals surface area contributed by atoms with E-state index in [1.807, 2.05) is 24.3 Å². The van der Waals surface area contributed by atoms with Crippen LogP contribution in [0, 0.1) is 0 Å². The van der Waals surface area contributed by atoms with Crippen molar-refractivity contribution in [1.29, 1.82) is 0 Å². The average Bonchev–Trinajstić information content (AvgIpc) is 2.65. The van der Waals surface area contributed by atoms with E-state index < -0.39 is 0 Å². The van der Waals surface area contributed by atoms with Crippen LogP contribution in [0.2, 0.25) is 0 Å². The van der Waals surface area contributed by atoms with Crippen molar-refractivity contribution >= 4 is 0 Å². The molecule has 128 valence electrons. The standard InChI is InChI=1S/C19H23NO4/c1-21-16-8-7-14(11-18(16)23-3)9-10-20-12-15-5-4-6-17(22-2)19(15)24-13-20/h4-8,11H,9-10,12-13H2,1-3H3. The van der Waals surface area contributed by atoms with Gasteiger partial charge in [-0.05, 0) is 30.2 Å². The molecule has 0 aliphatic carbocycles. The zero-order chi connectivity index (χ0) is 16.9.